The Bertz CT molecular complexity index is 2070. The molecule has 4 atom stereocenters. The molecule has 15 heteroatoms. The summed E-state index contributed by atoms with van der Waals surface area (Å²) >= 11 is 1.63. The van der Waals surface area contributed by atoms with E-state index in [1.54, 1.807) is 11.3 Å². The number of rotatable bonds is 10. The number of hydrogen-bond acceptors (Lipinski definition) is 9. The lowest BCUT2D eigenvalue weighted by Crippen LogP contribution is -2.51. The summed E-state index contributed by atoms with van der Waals surface area (Å²) in [6.45, 7) is 8.79. The van der Waals surface area contributed by atoms with Crippen LogP contribution in [0.2, 0.25) is 0 Å². The van der Waals surface area contributed by atoms with Crippen LogP contribution < -0.4 is 10.6 Å². The number of ether oxygens (including phenoxy) is 2. The van der Waals surface area contributed by atoms with Crippen LogP contribution in [0.25, 0.3) is 44.3 Å². The summed E-state index contributed by atoms with van der Waals surface area (Å²) in [6.07, 6.45) is 1.97. The van der Waals surface area contributed by atoms with Gasteiger partial charge in [-0.15, -0.1) is 0 Å². The highest BCUT2D eigenvalue weighted by molar-refractivity contribution is 7.08. The molecule has 5 aromatic rings. The van der Waals surface area contributed by atoms with E-state index in [1.807, 2.05) is 49.6 Å². The molecule has 290 valence electrons. The number of nitrogens with one attached hydrogen (secondary N) is 4. The van der Waals surface area contributed by atoms with E-state index >= 15 is 0 Å². The molecule has 0 bridgehead atoms. The highest BCUT2D eigenvalue weighted by Gasteiger charge is 2.39. The Labute approximate surface area is 323 Å². The number of carbonyl (C=O) groups excluding carboxylic acids is 4. The fraction of sp³-hybridized carbons (Fsp3) is 0.450. The summed E-state index contributed by atoms with van der Waals surface area (Å²) in [4.78, 5) is 71.9. The van der Waals surface area contributed by atoms with E-state index in [1.165, 1.54) is 14.2 Å². The Morgan fingerprint density at radius 2 is 1.13 bits per heavy atom. The first-order valence-corrected chi connectivity index (χ1v) is 19.8. The highest BCUT2D eigenvalue weighted by atomic mass is 32.1. The molecule has 14 nitrogen and oxygen atoms in total. The topological polar surface area (TPSA) is 175 Å². The standard InChI is InChI=1S/C40H48N8O6S/c1-21(2)33(45-39(51)53-5)37(49)47-15-7-9-31(47)35-41-27-13-11-23(17-29(27)43-35)25-19-55-20-26(25)24-12-14-28-30(18-24)44-36(42-28)32-10-8-16-48(32)38(50)34(22(3)4)46-40(52)54-6/h11-14,17-22,31-34H,7-10,15-16H2,1-6H3,(H,41,43)(H,42,44)(H,45,51)(H,46,52)/t31-,32-,33-,34-/m0/s1. The van der Waals surface area contributed by atoms with Crippen LogP contribution in [0.15, 0.2) is 47.2 Å². The van der Waals surface area contributed by atoms with Crippen LogP contribution in [0.1, 0.15) is 77.1 Å². The van der Waals surface area contributed by atoms with Crippen LogP contribution in [0.5, 0.6) is 0 Å². The van der Waals surface area contributed by atoms with E-state index < -0.39 is 24.3 Å². The van der Waals surface area contributed by atoms with E-state index in [0.29, 0.717) is 13.1 Å². The Hall–Kier alpha value is -5.44. The van der Waals surface area contributed by atoms with Gasteiger partial charge in [0.15, 0.2) is 0 Å². The van der Waals surface area contributed by atoms with Crippen LogP contribution in [0.4, 0.5) is 9.59 Å². The van der Waals surface area contributed by atoms with Gasteiger partial charge in [-0.2, -0.15) is 11.3 Å². The van der Waals surface area contributed by atoms with Crippen molar-refractivity contribution < 1.29 is 28.7 Å². The lowest BCUT2D eigenvalue weighted by atomic mass is 9.98. The molecule has 2 aliphatic rings. The lowest BCUT2D eigenvalue weighted by Gasteiger charge is -2.29. The van der Waals surface area contributed by atoms with Gasteiger partial charge in [0.25, 0.3) is 0 Å². The van der Waals surface area contributed by atoms with Gasteiger partial charge in [0.05, 0.1) is 48.4 Å². The molecule has 2 saturated heterocycles. The van der Waals surface area contributed by atoms with Crippen molar-refractivity contribution in [2.24, 2.45) is 11.8 Å². The van der Waals surface area contributed by atoms with E-state index in [9.17, 15) is 19.2 Å². The molecule has 5 heterocycles. The molecule has 2 aromatic carbocycles. The van der Waals surface area contributed by atoms with Gasteiger partial charge >= 0.3 is 12.2 Å². The molecular formula is C40H48N8O6S. The molecule has 0 saturated carbocycles. The number of hydrogen-bond donors (Lipinski definition) is 4. The molecular weight excluding hydrogens is 721 g/mol. The summed E-state index contributed by atoms with van der Waals surface area (Å²) in [7, 11) is 2.58. The first-order valence-electron chi connectivity index (χ1n) is 18.8. The molecule has 0 aliphatic carbocycles. The molecule has 4 N–H and O–H groups in total. The normalized spacial score (nSPS) is 18.3. The van der Waals surface area contributed by atoms with Gasteiger partial charge < -0.3 is 39.9 Å². The van der Waals surface area contributed by atoms with Gasteiger partial charge in [-0.1, -0.05) is 39.8 Å². The van der Waals surface area contributed by atoms with Gasteiger partial charge in [0, 0.05) is 24.2 Å². The second-order valence-electron chi connectivity index (χ2n) is 15.0. The first kappa shape index (κ1) is 37.9. The van der Waals surface area contributed by atoms with Crippen molar-refractivity contribution in [1.82, 2.24) is 40.4 Å². The molecule has 2 fully saturated rings. The summed E-state index contributed by atoms with van der Waals surface area (Å²) in [5, 5.41) is 9.70. The minimum absolute atomic E-state index is 0.115. The first-order chi connectivity index (χ1) is 26.5. The molecule has 0 spiro atoms. The minimum Gasteiger partial charge on any atom is -0.453 e. The van der Waals surface area contributed by atoms with E-state index in [-0.39, 0.29) is 35.7 Å². The molecule has 0 unspecified atom stereocenters. The number of amides is 4. The number of likely N-dealkylation sites (tertiary alicyclic amines) is 2. The quantitative estimate of drug-likeness (QED) is 0.118. The van der Waals surface area contributed by atoms with Gasteiger partial charge in [0.1, 0.15) is 23.7 Å². The lowest BCUT2D eigenvalue weighted by molar-refractivity contribution is -0.136. The third-order valence-electron chi connectivity index (χ3n) is 10.8. The molecule has 7 rings (SSSR count). The van der Waals surface area contributed by atoms with Gasteiger partial charge in [-0.05, 0) is 83.7 Å². The average Bonchev–Trinajstić information content (AvgIpc) is 4.02. The maximum absolute atomic E-state index is 13.7. The number of H-pyrrole nitrogens is 2. The average molecular weight is 769 g/mol. The largest absolute Gasteiger partial charge is 0.453 e. The number of aromatic nitrogens is 4. The number of imidazole rings is 2. The summed E-state index contributed by atoms with van der Waals surface area (Å²) in [5.41, 5.74) is 7.62. The second-order valence-corrected chi connectivity index (χ2v) is 15.7. The number of aromatic amines is 2. The number of alkyl carbamates (subject to hydrolysis) is 2. The number of thiophene rings is 1. The number of methoxy groups -OCH3 is 2. The fourth-order valence-electron chi connectivity index (χ4n) is 7.84. The van der Waals surface area contributed by atoms with Crippen molar-refractivity contribution in [3.05, 3.63) is 58.8 Å². The van der Waals surface area contributed by atoms with Crippen molar-refractivity contribution in [2.45, 2.75) is 77.5 Å². The Morgan fingerprint density at radius 1 is 0.709 bits per heavy atom. The van der Waals surface area contributed by atoms with E-state index in [0.717, 1.165) is 81.7 Å². The molecule has 4 amide bonds. The fourth-order valence-corrected chi connectivity index (χ4v) is 8.71. The molecule has 3 aromatic heterocycles. The highest BCUT2D eigenvalue weighted by Crippen LogP contribution is 2.39. The summed E-state index contributed by atoms with van der Waals surface area (Å²) < 4.78 is 9.56. The SMILES string of the molecule is COC(=O)N[C@H](C(=O)N1CCC[C@H]1c1nc2ccc(-c3cscc3-c3ccc4nc([C@@H]5CCCN5C(=O)[C@@H](NC(=O)OC)C(C)C)[nH]c4c3)cc2[nH]1)C(C)C. The third-order valence-corrected chi connectivity index (χ3v) is 11.5. The van der Waals surface area contributed by atoms with Crippen molar-refractivity contribution >= 4 is 57.4 Å². The Morgan fingerprint density at radius 3 is 1.51 bits per heavy atom. The van der Waals surface area contributed by atoms with Crippen LogP contribution in [0, 0.1) is 11.8 Å². The van der Waals surface area contributed by atoms with Gasteiger partial charge in [-0.25, -0.2) is 19.6 Å². The van der Waals surface area contributed by atoms with Crippen molar-refractivity contribution in [1.29, 1.82) is 0 Å². The number of nitrogens with zero attached hydrogens (tertiary/aromatic N) is 4. The zero-order valence-corrected chi connectivity index (χ0v) is 32.8. The smallest absolute Gasteiger partial charge is 0.407 e. The van der Waals surface area contributed by atoms with Crippen LogP contribution in [0.3, 0.4) is 0 Å². The number of carbonyl (C=O) groups is 4. The van der Waals surface area contributed by atoms with E-state index in [2.05, 4.69) is 55.6 Å². The minimum atomic E-state index is -0.700. The molecule has 0 radical (unpaired) electrons. The van der Waals surface area contributed by atoms with E-state index in [4.69, 9.17) is 19.4 Å². The third kappa shape index (κ3) is 7.49. The Balaban J connectivity index is 1.12. The van der Waals surface area contributed by atoms with Crippen molar-refractivity contribution in [3.8, 4) is 22.3 Å². The maximum Gasteiger partial charge on any atom is 0.407 e. The van der Waals surface area contributed by atoms with Crippen molar-refractivity contribution in [2.75, 3.05) is 27.3 Å². The van der Waals surface area contributed by atoms with Gasteiger partial charge in [0.2, 0.25) is 11.8 Å². The predicted molar refractivity (Wildman–Crippen MR) is 210 cm³/mol. The molecule has 2 aliphatic heterocycles. The monoisotopic (exact) mass is 768 g/mol. The number of fused-ring (bicyclic) bond motifs is 2. The zero-order chi connectivity index (χ0) is 39.0. The van der Waals surface area contributed by atoms with Crippen LogP contribution >= 0.6 is 11.3 Å². The molecule has 55 heavy (non-hydrogen) atoms. The van der Waals surface area contributed by atoms with Crippen molar-refractivity contribution in [3.63, 3.8) is 0 Å². The zero-order valence-electron chi connectivity index (χ0n) is 32.0. The predicted octanol–water partition coefficient (Wildman–Crippen LogP) is 6.92. The van der Waals surface area contributed by atoms with Crippen LogP contribution in [-0.2, 0) is 19.1 Å². The van der Waals surface area contributed by atoms with Gasteiger partial charge in [-0.3, -0.25) is 9.59 Å². The Kier molecular flexibility index (Phi) is 10.8. The second kappa shape index (κ2) is 15.7. The van der Waals surface area contributed by atoms with Crippen LogP contribution in [-0.4, -0.2) is 93.1 Å². The number of benzene rings is 2. The maximum atomic E-state index is 13.7. The summed E-state index contributed by atoms with van der Waals surface area (Å²) in [5.74, 6) is 0.940. The summed E-state index contributed by atoms with van der Waals surface area (Å²) in [6, 6.07) is 10.5.